The van der Waals surface area contributed by atoms with E-state index in [-0.39, 0.29) is 0 Å². The summed E-state index contributed by atoms with van der Waals surface area (Å²) in [5.74, 6) is 1.95. The van der Waals surface area contributed by atoms with Gasteiger partial charge in [0, 0.05) is 29.9 Å². The van der Waals surface area contributed by atoms with Crippen molar-refractivity contribution >= 4 is 5.69 Å². The maximum absolute atomic E-state index is 12.6. The maximum Gasteiger partial charge on any atom is 0.416 e. The Hall–Kier alpha value is -4.22. The van der Waals surface area contributed by atoms with E-state index >= 15 is 0 Å². The van der Waals surface area contributed by atoms with E-state index in [9.17, 15) is 26.3 Å². The highest BCUT2D eigenvalue weighted by Gasteiger charge is 2.30. The molecule has 0 saturated heterocycles. The zero-order valence-corrected chi connectivity index (χ0v) is 25.1. The van der Waals surface area contributed by atoms with Crippen molar-refractivity contribution in [2.45, 2.75) is 32.4 Å². The van der Waals surface area contributed by atoms with Gasteiger partial charge in [0.2, 0.25) is 0 Å². The maximum atomic E-state index is 12.6. The van der Waals surface area contributed by atoms with E-state index in [0.717, 1.165) is 41.0 Å². The first-order chi connectivity index (χ1) is 20.5. The lowest BCUT2D eigenvalue weighted by Crippen LogP contribution is -2.11. The molecule has 0 unspecified atom stereocenters. The van der Waals surface area contributed by atoms with Crippen LogP contribution < -0.4 is 15.2 Å². The van der Waals surface area contributed by atoms with E-state index < -0.39 is 23.5 Å². The third-order valence-electron chi connectivity index (χ3n) is 6.09. The van der Waals surface area contributed by atoms with Gasteiger partial charge in [0.05, 0.1) is 11.1 Å². The van der Waals surface area contributed by atoms with Crippen LogP contribution in [0.2, 0.25) is 0 Å². The number of nitrogen functional groups attached to an aromatic ring is 1. The summed E-state index contributed by atoms with van der Waals surface area (Å²) in [4.78, 5) is 3.96. The second-order valence-electron chi connectivity index (χ2n) is 10.7. The second kappa shape index (κ2) is 14.5. The predicted molar refractivity (Wildman–Crippen MR) is 160 cm³/mol. The Morgan fingerprint density at radius 2 is 0.955 bits per heavy atom. The third kappa shape index (κ3) is 10.5. The van der Waals surface area contributed by atoms with Gasteiger partial charge in [-0.1, -0.05) is 17.7 Å². The van der Waals surface area contributed by atoms with E-state index in [0.29, 0.717) is 41.8 Å². The van der Waals surface area contributed by atoms with Crippen LogP contribution in [0, 0.1) is 6.92 Å². The molecule has 0 amide bonds. The first-order valence-corrected chi connectivity index (χ1v) is 13.5. The number of ether oxygens (including phenoxy) is 2. The molecule has 5 nitrogen and oxygen atoms in total. The molecule has 2 N–H and O–H groups in total. The molecule has 0 bridgehead atoms. The molecule has 0 aliphatic rings. The topological polar surface area (TPSA) is 51.0 Å². The van der Waals surface area contributed by atoms with Gasteiger partial charge in [-0.3, -0.25) is 0 Å². The molecule has 4 aromatic rings. The van der Waals surface area contributed by atoms with Crippen LogP contribution in [0.25, 0.3) is 0 Å². The minimum absolute atomic E-state index is 0.345. The van der Waals surface area contributed by atoms with Gasteiger partial charge in [0.15, 0.2) is 0 Å². The van der Waals surface area contributed by atoms with E-state index in [1.165, 1.54) is 24.3 Å². The minimum Gasteiger partial charge on any atom is -0.457 e. The normalized spacial score (nSPS) is 11.8. The van der Waals surface area contributed by atoms with Crippen molar-refractivity contribution in [3.63, 3.8) is 0 Å². The number of nitrogens with two attached hydrogens (primary N) is 1. The van der Waals surface area contributed by atoms with Crippen LogP contribution in [-0.2, 0) is 25.4 Å². The molecule has 44 heavy (non-hydrogen) atoms. The second-order valence-corrected chi connectivity index (χ2v) is 10.7. The summed E-state index contributed by atoms with van der Waals surface area (Å²) in [6.07, 6.45) is -8.69. The monoisotopic (exact) mass is 619 g/mol. The van der Waals surface area contributed by atoms with Gasteiger partial charge in [-0.05, 0) is 108 Å². The molecule has 0 aromatic heterocycles. The number of hydrogen-bond donors (Lipinski definition) is 1. The average Bonchev–Trinajstić information content (AvgIpc) is 2.91. The fourth-order valence-corrected chi connectivity index (χ4v) is 4.11. The molecule has 4 aromatic carbocycles. The molecule has 11 heteroatoms. The summed E-state index contributed by atoms with van der Waals surface area (Å²) in [5, 5.41) is 0. The minimum atomic E-state index is -4.35. The molecule has 0 fully saturated rings. The third-order valence-corrected chi connectivity index (χ3v) is 6.09. The first-order valence-electron chi connectivity index (χ1n) is 13.5. The molecule has 0 radical (unpaired) electrons. The van der Waals surface area contributed by atoms with Crippen LogP contribution in [0.3, 0.4) is 0 Å². The van der Waals surface area contributed by atoms with Crippen molar-refractivity contribution in [2.24, 2.45) is 0 Å². The standard InChI is InChI=1S/C17H18F3NO.C16H17F3N2O/c1-12-4-9-16(13(10-12)11-21(2)3)22-15-7-5-14(6-8-15)17(18,19)20;1-21(2)10-11-9-13(20)5-8-15(11)22-14-6-3-12(4-7-14)16(17,18)19/h4-10H,11H2,1-3H3;3-9H,10,20H2,1-2H3. The van der Waals surface area contributed by atoms with Crippen molar-refractivity contribution < 1.29 is 35.8 Å². The molecule has 236 valence electrons. The zero-order valence-electron chi connectivity index (χ0n) is 25.1. The number of alkyl halides is 6. The Balaban J connectivity index is 0.000000240. The number of benzene rings is 4. The highest BCUT2D eigenvalue weighted by molar-refractivity contribution is 5.49. The van der Waals surface area contributed by atoms with Crippen molar-refractivity contribution in [3.8, 4) is 23.0 Å². The summed E-state index contributed by atoms with van der Waals surface area (Å²) >= 11 is 0. The summed E-state index contributed by atoms with van der Waals surface area (Å²) in [5.41, 5.74) is 7.95. The van der Waals surface area contributed by atoms with Crippen molar-refractivity contribution in [3.05, 3.63) is 113 Å². The summed E-state index contributed by atoms with van der Waals surface area (Å²) in [7, 11) is 7.71. The smallest absolute Gasteiger partial charge is 0.416 e. The van der Waals surface area contributed by atoms with Crippen molar-refractivity contribution in [1.82, 2.24) is 9.80 Å². The SMILES string of the molecule is CN(C)Cc1cc(N)ccc1Oc1ccc(C(F)(F)F)cc1.Cc1ccc(Oc2ccc(C(F)(F)F)cc2)c(CN(C)C)c1. The van der Waals surface area contributed by atoms with Crippen LogP contribution in [0.5, 0.6) is 23.0 Å². The van der Waals surface area contributed by atoms with Gasteiger partial charge in [0.1, 0.15) is 23.0 Å². The molecule has 0 saturated carbocycles. The summed E-state index contributed by atoms with van der Waals surface area (Å²) < 4.78 is 86.7. The molecule has 0 aliphatic heterocycles. The van der Waals surface area contributed by atoms with Crippen LogP contribution >= 0.6 is 0 Å². The highest BCUT2D eigenvalue weighted by atomic mass is 19.4. The van der Waals surface area contributed by atoms with Gasteiger partial charge in [-0.15, -0.1) is 0 Å². The molecular formula is C33H35F6N3O2. The fraction of sp³-hybridized carbons (Fsp3) is 0.273. The summed E-state index contributed by atoms with van der Waals surface area (Å²) in [6.45, 7) is 3.29. The molecule has 0 heterocycles. The van der Waals surface area contributed by atoms with Gasteiger partial charge >= 0.3 is 12.4 Å². The van der Waals surface area contributed by atoms with Crippen molar-refractivity contribution in [1.29, 1.82) is 0 Å². The zero-order chi connectivity index (χ0) is 32.7. The largest absolute Gasteiger partial charge is 0.457 e. The average molecular weight is 620 g/mol. The Bertz CT molecular complexity index is 1390. The quantitative estimate of drug-likeness (QED) is 0.158. The van der Waals surface area contributed by atoms with Gasteiger partial charge in [0.25, 0.3) is 0 Å². The lowest BCUT2D eigenvalue weighted by molar-refractivity contribution is -0.138. The van der Waals surface area contributed by atoms with Crippen LogP contribution in [-0.4, -0.2) is 38.0 Å². The Morgan fingerprint density at radius 1 is 0.568 bits per heavy atom. The van der Waals surface area contributed by atoms with Crippen LogP contribution in [0.15, 0.2) is 84.9 Å². The lowest BCUT2D eigenvalue weighted by Gasteiger charge is -2.16. The number of hydrogen-bond acceptors (Lipinski definition) is 5. The van der Waals surface area contributed by atoms with E-state index in [4.69, 9.17) is 15.2 Å². The van der Waals surface area contributed by atoms with Crippen molar-refractivity contribution in [2.75, 3.05) is 33.9 Å². The Kier molecular flexibility index (Phi) is 11.3. The van der Waals surface area contributed by atoms with Gasteiger partial charge in [-0.2, -0.15) is 26.3 Å². The number of aryl methyl sites for hydroxylation is 1. The number of anilines is 1. The van der Waals surface area contributed by atoms with Gasteiger partial charge in [-0.25, -0.2) is 0 Å². The molecule has 0 spiro atoms. The lowest BCUT2D eigenvalue weighted by atomic mass is 10.1. The van der Waals surface area contributed by atoms with E-state index in [1.807, 2.05) is 63.1 Å². The first kappa shape index (κ1) is 34.3. The number of rotatable bonds is 8. The fourth-order valence-electron chi connectivity index (χ4n) is 4.11. The molecular weight excluding hydrogens is 584 g/mol. The predicted octanol–water partition coefficient (Wildman–Crippen LogP) is 9.01. The summed E-state index contributed by atoms with van der Waals surface area (Å²) in [6, 6.07) is 20.3. The Labute approximate surface area is 253 Å². The number of nitrogens with zero attached hydrogens (tertiary/aromatic N) is 2. The molecule has 0 atom stereocenters. The van der Waals surface area contributed by atoms with E-state index in [2.05, 4.69) is 0 Å². The highest BCUT2D eigenvalue weighted by Crippen LogP contribution is 2.34. The number of halogens is 6. The van der Waals surface area contributed by atoms with E-state index in [1.54, 1.807) is 18.2 Å². The van der Waals surface area contributed by atoms with Gasteiger partial charge < -0.3 is 25.0 Å². The van der Waals surface area contributed by atoms with Crippen LogP contribution in [0.1, 0.15) is 27.8 Å². The Morgan fingerprint density at radius 3 is 1.34 bits per heavy atom. The van der Waals surface area contributed by atoms with Crippen LogP contribution in [0.4, 0.5) is 32.0 Å². The molecule has 4 rings (SSSR count). The molecule has 0 aliphatic carbocycles.